The molecule has 2 aromatic rings. The number of aryl methyl sites for hydroxylation is 1. The second kappa shape index (κ2) is 9.51. The van der Waals surface area contributed by atoms with Crippen LogP contribution < -0.4 is 5.32 Å². The molecule has 9 heteroatoms. The lowest BCUT2D eigenvalue weighted by molar-refractivity contribution is -0.116. The van der Waals surface area contributed by atoms with Gasteiger partial charge in [-0.15, -0.1) is 0 Å². The number of hydrogen-bond acceptors (Lipinski definition) is 5. The van der Waals surface area contributed by atoms with Crippen LogP contribution in [0.4, 0.5) is 5.82 Å². The summed E-state index contributed by atoms with van der Waals surface area (Å²) in [6.45, 7) is 6.09. The molecule has 0 spiro atoms. The minimum Gasteiger partial charge on any atom is -0.383 e. The SMILES string of the molecule is COCCN(CC(=O)Nc1cc(C(C)(C)C)nn1C)S(=O)(=O)Cc1ccccc1. The Labute approximate surface area is 172 Å². The van der Waals surface area contributed by atoms with Gasteiger partial charge in [-0.25, -0.2) is 8.42 Å². The van der Waals surface area contributed by atoms with Crippen molar-refractivity contribution in [1.29, 1.82) is 0 Å². The summed E-state index contributed by atoms with van der Waals surface area (Å²) >= 11 is 0. The highest BCUT2D eigenvalue weighted by Gasteiger charge is 2.26. The fraction of sp³-hybridized carbons (Fsp3) is 0.500. The molecule has 0 saturated carbocycles. The molecule has 0 unspecified atom stereocenters. The molecule has 1 N–H and O–H groups in total. The van der Waals surface area contributed by atoms with Crippen LogP contribution in [0.1, 0.15) is 32.0 Å². The maximum absolute atomic E-state index is 12.9. The minimum atomic E-state index is -3.69. The van der Waals surface area contributed by atoms with Gasteiger partial charge in [-0.1, -0.05) is 51.1 Å². The van der Waals surface area contributed by atoms with Crippen molar-refractivity contribution in [2.75, 3.05) is 32.1 Å². The second-order valence-electron chi connectivity index (χ2n) is 7.90. The van der Waals surface area contributed by atoms with Crippen molar-refractivity contribution in [2.24, 2.45) is 7.05 Å². The Morgan fingerprint density at radius 1 is 1.24 bits per heavy atom. The van der Waals surface area contributed by atoms with Gasteiger partial charge in [-0.05, 0) is 5.56 Å². The molecule has 8 nitrogen and oxygen atoms in total. The monoisotopic (exact) mass is 422 g/mol. The summed E-state index contributed by atoms with van der Waals surface area (Å²) in [5.41, 5.74) is 1.34. The molecule has 0 atom stereocenters. The minimum absolute atomic E-state index is 0.0950. The summed E-state index contributed by atoms with van der Waals surface area (Å²) in [4.78, 5) is 12.6. The number of nitrogens with one attached hydrogen (secondary N) is 1. The number of nitrogens with zero attached hydrogens (tertiary/aromatic N) is 3. The third-order valence-electron chi connectivity index (χ3n) is 4.37. The molecule has 0 fully saturated rings. The van der Waals surface area contributed by atoms with E-state index in [1.807, 2.05) is 26.8 Å². The van der Waals surface area contributed by atoms with Gasteiger partial charge in [0.15, 0.2) is 0 Å². The van der Waals surface area contributed by atoms with E-state index in [0.717, 1.165) is 10.00 Å². The van der Waals surface area contributed by atoms with Crippen molar-refractivity contribution < 1.29 is 17.9 Å². The lowest BCUT2D eigenvalue weighted by Gasteiger charge is -2.21. The number of amides is 1. The van der Waals surface area contributed by atoms with Gasteiger partial charge in [0.2, 0.25) is 15.9 Å². The molecule has 160 valence electrons. The molecule has 0 aliphatic carbocycles. The van der Waals surface area contributed by atoms with Crippen LogP contribution in [0.3, 0.4) is 0 Å². The van der Waals surface area contributed by atoms with E-state index in [4.69, 9.17) is 4.74 Å². The Hall–Kier alpha value is -2.23. The number of ether oxygens (including phenoxy) is 1. The molecule has 0 radical (unpaired) electrons. The first-order chi connectivity index (χ1) is 13.5. The van der Waals surface area contributed by atoms with Crippen LogP contribution in [-0.2, 0) is 37.8 Å². The number of carbonyl (C=O) groups is 1. The number of methoxy groups -OCH3 is 1. The Bertz CT molecular complexity index is 918. The molecule has 0 aliphatic heterocycles. The molecule has 0 bridgehead atoms. The number of sulfonamides is 1. The molecular formula is C20H30N4O4S. The maximum Gasteiger partial charge on any atom is 0.240 e. The van der Waals surface area contributed by atoms with Crippen LogP contribution in [0.2, 0.25) is 0 Å². The van der Waals surface area contributed by atoms with Gasteiger partial charge < -0.3 is 10.1 Å². The van der Waals surface area contributed by atoms with Gasteiger partial charge in [0.05, 0.1) is 24.6 Å². The number of hydrogen-bond donors (Lipinski definition) is 1. The largest absolute Gasteiger partial charge is 0.383 e. The van der Waals surface area contributed by atoms with Crippen LogP contribution >= 0.6 is 0 Å². The fourth-order valence-corrected chi connectivity index (χ4v) is 4.14. The van der Waals surface area contributed by atoms with Crippen LogP contribution in [0.25, 0.3) is 0 Å². The first-order valence-electron chi connectivity index (χ1n) is 9.38. The van der Waals surface area contributed by atoms with E-state index in [1.165, 1.54) is 7.11 Å². The highest BCUT2D eigenvalue weighted by Crippen LogP contribution is 2.23. The molecule has 1 aromatic heterocycles. The van der Waals surface area contributed by atoms with Crippen molar-refractivity contribution in [3.05, 3.63) is 47.7 Å². The zero-order chi connectivity index (χ0) is 21.7. The lowest BCUT2D eigenvalue weighted by Crippen LogP contribution is -2.40. The van der Waals surface area contributed by atoms with E-state index >= 15 is 0 Å². The van der Waals surface area contributed by atoms with E-state index in [9.17, 15) is 13.2 Å². The molecule has 1 heterocycles. The van der Waals surface area contributed by atoms with E-state index in [-0.39, 0.29) is 30.9 Å². The van der Waals surface area contributed by atoms with Gasteiger partial charge in [-0.3, -0.25) is 9.48 Å². The summed E-state index contributed by atoms with van der Waals surface area (Å²) < 4.78 is 33.5. The Morgan fingerprint density at radius 3 is 2.45 bits per heavy atom. The number of anilines is 1. The topological polar surface area (TPSA) is 93.5 Å². The van der Waals surface area contributed by atoms with Crippen molar-refractivity contribution in [3.8, 4) is 0 Å². The van der Waals surface area contributed by atoms with Gasteiger partial charge in [0.1, 0.15) is 5.82 Å². The molecule has 0 aliphatic rings. The van der Waals surface area contributed by atoms with Crippen LogP contribution in [-0.4, -0.2) is 55.2 Å². The van der Waals surface area contributed by atoms with E-state index < -0.39 is 15.9 Å². The van der Waals surface area contributed by atoms with Crippen molar-refractivity contribution in [2.45, 2.75) is 31.9 Å². The van der Waals surface area contributed by atoms with Crippen LogP contribution in [0.15, 0.2) is 36.4 Å². The van der Waals surface area contributed by atoms with Crippen LogP contribution in [0, 0.1) is 0 Å². The molecule has 29 heavy (non-hydrogen) atoms. The van der Waals surface area contributed by atoms with Crippen molar-refractivity contribution in [3.63, 3.8) is 0 Å². The summed E-state index contributed by atoms with van der Waals surface area (Å²) in [5, 5.41) is 7.18. The van der Waals surface area contributed by atoms with Gasteiger partial charge in [0.25, 0.3) is 0 Å². The van der Waals surface area contributed by atoms with E-state index in [0.29, 0.717) is 11.4 Å². The molecule has 2 rings (SSSR count). The summed E-state index contributed by atoms with van der Waals surface area (Å²) in [6.07, 6.45) is 0. The van der Waals surface area contributed by atoms with Crippen molar-refractivity contribution in [1.82, 2.24) is 14.1 Å². The van der Waals surface area contributed by atoms with Crippen LogP contribution in [0.5, 0.6) is 0 Å². The number of aromatic nitrogens is 2. The third kappa shape index (κ3) is 6.66. The first-order valence-corrected chi connectivity index (χ1v) is 11.0. The highest BCUT2D eigenvalue weighted by molar-refractivity contribution is 7.88. The zero-order valence-corrected chi connectivity index (χ0v) is 18.5. The third-order valence-corrected chi connectivity index (χ3v) is 6.16. The quantitative estimate of drug-likeness (QED) is 0.668. The smallest absolute Gasteiger partial charge is 0.240 e. The standard InChI is InChI=1S/C20H30N4O4S/c1-20(2,3)17-13-18(23(4)22-17)21-19(25)14-24(11-12-28-5)29(26,27)15-16-9-7-6-8-10-16/h6-10,13H,11-12,14-15H2,1-5H3,(H,21,25). The zero-order valence-electron chi connectivity index (χ0n) is 17.7. The predicted octanol–water partition coefficient (Wildman–Crippen LogP) is 2.13. The Balaban J connectivity index is 2.13. The first kappa shape index (κ1) is 23.1. The molecule has 1 amide bonds. The van der Waals surface area contributed by atoms with E-state index in [1.54, 1.807) is 42.1 Å². The van der Waals surface area contributed by atoms with Gasteiger partial charge >= 0.3 is 0 Å². The second-order valence-corrected chi connectivity index (χ2v) is 9.87. The molecular weight excluding hydrogens is 392 g/mol. The Morgan fingerprint density at radius 2 is 1.90 bits per heavy atom. The number of rotatable bonds is 9. The average Bonchev–Trinajstić information content (AvgIpc) is 3.00. The van der Waals surface area contributed by atoms with E-state index in [2.05, 4.69) is 10.4 Å². The average molecular weight is 423 g/mol. The molecule has 1 aromatic carbocycles. The van der Waals surface area contributed by atoms with Crippen molar-refractivity contribution >= 4 is 21.7 Å². The fourth-order valence-electron chi connectivity index (χ4n) is 2.68. The Kier molecular flexibility index (Phi) is 7.56. The molecule has 0 saturated heterocycles. The van der Waals surface area contributed by atoms with Gasteiger partial charge in [0, 0.05) is 32.2 Å². The lowest BCUT2D eigenvalue weighted by atomic mass is 9.92. The number of carbonyl (C=O) groups excluding carboxylic acids is 1. The summed E-state index contributed by atoms with van der Waals surface area (Å²) in [6, 6.07) is 10.7. The number of benzene rings is 1. The highest BCUT2D eigenvalue weighted by atomic mass is 32.2. The summed E-state index contributed by atoms with van der Waals surface area (Å²) in [5.74, 6) is -0.0849. The summed E-state index contributed by atoms with van der Waals surface area (Å²) in [7, 11) is -0.465. The maximum atomic E-state index is 12.9. The normalized spacial score (nSPS) is 12.3. The predicted molar refractivity (Wildman–Crippen MR) is 113 cm³/mol. The van der Waals surface area contributed by atoms with Gasteiger partial charge in [-0.2, -0.15) is 9.40 Å².